The molecular formula is C12H13N3O2S. The molecule has 2 aromatic rings. The van der Waals surface area contributed by atoms with Crippen molar-refractivity contribution in [3.05, 3.63) is 17.7 Å². The van der Waals surface area contributed by atoms with Crippen LogP contribution in [0.2, 0.25) is 0 Å². The van der Waals surface area contributed by atoms with E-state index in [9.17, 15) is 4.79 Å². The number of amides is 1. The first-order valence-corrected chi connectivity index (χ1v) is 6.80. The SMILES string of the molecule is CSc1nc2cc3c(cc2[nH]1)C(C)(C)OC(=O)N3. The Labute approximate surface area is 108 Å². The second-order valence-corrected chi connectivity index (χ2v) is 5.48. The maximum atomic E-state index is 11.5. The molecule has 0 bridgehead atoms. The number of benzene rings is 1. The zero-order valence-electron chi connectivity index (χ0n) is 10.3. The van der Waals surface area contributed by atoms with Crippen molar-refractivity contribution in [2.75, 3.05) is 11.6 Å². The number of aromatic amines is 1. The van der Waals surface area contributed by atoms with Crippen molar-refractivity contribution in [1.29, 1.82) is 0 Å². The summed E-state index contributed by atoms with van der Waals surface area (Å²) >= 11 is 1.55. The zero-order valence-corrected chi connectivity index (χ0v) is 11.1. The van der Waals surface area contributed by atoms with Gasteiger partial charge in [-0.2, -0.15) is 0 Å². The monoisotopic (exact) mass is 263 g/mol. The number of fused-ring (bicyclic) bond motifs is 2. The fourth-order valence-corrected chi connectivity index (χ4v) is 2.56. The van der Waals surface area contributed by atoms with E-state index in [1.54, 1.807) is 11.8 Å². The van der Waals surface area contributed by atoms with Crippen LogP contribution in [0.4, 0.5) is 10.5 Å². The average Bonchev–Trinajstić information content (AvgIpc) is 2.67. The van der Waals surface area contributed by atoms with Crippen LogP contribution in [-0.2, 0) is 10.3 Å². The molecule has 1 amide bonds. The topological polar surface area (TPSA) is 67.0 Å². The van der Waals surface area contributed by atoms with Gasteiger partial charge in [-0.05, 0) is 32.2 Å². The van der Waals surface area contributed by atoms with E-state index in [4.69, 9.17) is 4.74 Å². The minimum atomic E-state index is -0.628. The van der Waals surface area contributed by atoms with Crippen LogP contribution in [0.25, 0.3) is 11.0 Å². The summed E-state index contributed by atoms with van der Waals surface area (Å²) in [6.45, 7) is 3.75. The van der Waals surface area contributed by atoms with Crippen LogP contribution in [0.15, 0.2) is 17.3 Å². The highest BCUT2D eigenvalue weighted by molar-refractivity contribution is 7.98. The number of cyclic esters (lactones) is 1. The Morgan fingerprint density at radius 3 is 2.89 bits per heavy atom. The second-order valence-electron chi connectivity index (χ2n) is 4.69. The number of anilines is 1. The number of hydrogen-bond acceptors (Lipinski definition) is 4. The number of aromatic nitrogens is 2. The van der Waals surface area contributed by atoms with Gasteiger partial charge in [0.2, 0.25) is 0 Å². The molecule has 2 heterocycles. The molecule has 2 N–H and O–H groups in total. The lowest BCUT2D eigenvalue weighted by Crippen LogP contribution is -2.34. The maximum absolute atomic E-state index is 11.5. The molecule has 1 aliphatic heterocycles. The minimum absolute atomic E-state index is 0.424. The summed E-state index contributed by atoms with van der Waals surface area (Å²) in [6, 6.07) is 3.86. The molecule has 5 nitrogen and oxygen atoms in total. The number of carbonyl (C=O) groups excluding carboxylic acids is 1. The molecule has 1 aliphatic rings. The van der Waals surface area contributed by atoms with Gasteiger partial charge in [-0.25, -0.2) is 9.78 Å². The van der Waals surface area contributed by atoms with Crippen LogP contribution < -0.4 is 5.32 Å². The van der Waals surface area contributed by atoms with Crippen molar-refractivity contribution in [2.24, 2.45) is 0 Å². The van der Waals surface area contributed by atoms with Gasteiger partial charge in [-0.3, -0.25) is 5.32 Å². The average molecular weight is 263 g/mol. The molecule has 0 saturated carbocycles. The van der Waals surface area contributed by atoms with E-state index in [0.29, 0.717) is 0 Å². The minimum Gasteiger partial charge on any atom is -0.438 e. The first kappa shape index (κ1) is 11.4. The Bertz CT molecular complexity index is 648. The number of nitrogens with one attached hydrogen (secondary N) is 2. The fraction of sp³-hybridized carbons (Fsp3) is 0.333. The standard InChI is InChI=1S/C12H13N3O2S/c1-12(2)6-4-8-9(14-10(13-8)18-3)5-7(6)15-11(16)17-12/h4-5H,1-3H3,(H,13,14)(H,15,16). The van der Waals surface area contributed by atoms with Gasteiger partial charge in [0.25, 0.3) is 0 Å². The second kappa shape index (κ2) is 3.65. The van der Waals surface area contributed by atoms with Crippen molar-refractivity contribution in [3.63, 3.8) is 0 Å². The fourth-order valence-electron chi connectivity index (χ4n) is 2.15. The Balaban J connectivity index is 2.24. The molecule has 6 heteroatoms. The van der Waals surface area contributed by atoms with Crippen LogP contribution in [0.1, 0.15) is 19.4 Å². The van der Waals surface area contributed by atoms with Crippen LogP contribution >= 0.6 is 11.8 Å². The molecule has 0 saturated heterocycles. The van der Waals surface area contributed by atoms with E-state index in [0.717, 1.165) is 27.4 Å². The van der Waals surface area contributed by atoms with Crippen molar-refractivity contribution in [3.8, 4) is 0 Å². The number of carbonyl (C=O) groups is 1. The van der Waals surface area contributed by atoms with Crippen molar-refractivity contribution in [2.45, 2.75) is 24.6 Å². The van der Waals surface area contributed by atoms with Gasteiger partial charge in [0.1, 0.15) is 5.60 Å². The van der Waals surface area contributed by atoms with Crippen molar-refractivity contribution < 1.29 is 9.53 Å². The molecular weight excluding hydrogens is 250 g/mol. The molecule has 0 atom stereocenters. The van der Waals surface area contributed by atoms with Crippen molar-refractivity contribution >= 4 is 34.6 Å². The zero-order chi connectivity index (χ0) is 12.9. The lowest BCUT2D eigenvalue weighted by molar-refractivity contribution is 0.0421. The number of nitrogens with zero attached hydrogens (tertiary/aromatic N) is 1. The van der Waals surface area contributed by atoms with Gasteiger partial charge in [0, 0.05) is 5.56 Å². The highest BCUT2D eigenvalue weighted by atomic mass is 32.2. The van der Waals surface area contributed by atoms with Gasteiger partial charge in [-0.1, -0.05) is 11.8 Å². The molecule has 3 rings (SSSR count). The molecule has 0 unspecified atom stereocenters. The van der Waals surface area contributed by atoms with Crippen LogP contribution in [0.5, 0.6) is 0 Å². The lowest BCUT2D eigenvalue weighted by atomic mass is 9.94. The Hall–Kier alpha value is -1.69. The summed E-state index contributed by atoms with van der Waals surface area (Å²) in [7, 11) is 0. The third kappa shape index (κ3) is 1.64. The highest BCUT2D eigenvalue weighted by Crippen LogP contribution is 2.37. The summed E-state index contributed by atoms with van der Waals surface area (Å²) in [5, 5.41) is 3.57. The van der Waals surface area contributed by atoms with Gasteiger partial charge in [-0.15, -0.1) is 0 Å². The maximum Gasteiger partial charge on any atom is 0.412 e. The van der Waals surface area contributed by atoms with Crippen molar-refractivity contribution in [1.82, 2.24) is 9.97 Å². The Morgan fingerprint density at radius 2 is 2.17 bits per heavy atom. The number of ether oxygens (including phenoxy) is 1. The molecule has 94 valence electrons. The largest absolute Gasteiger partial charge is 0.438 e. The molecule has 0 fully saturated rings. The highest BCUT2D eigenvalue weighted by Gasteiger charge is 2.33. The van der Waals surface area contributed by atoms with Gasteiger partial charge in [0.05, 0.1) is 16.7 Å². The van der Waals surface area contributed by atoms with Gasteiger partial charge in [0.15, 0.2) is 5.16 Å². The van der Waals surface area contributed by atoms with E-state index in [-0.39, 0.29) is 0 Å². The predicted octanol–water partition coefficient (Wildman–Crippen LogP) is 3.08. The van der Waals surface area contributed by atoms with Crippen LogP contribution in [0, 0.1) is 0 Å². The van der Waals surface area contributed by atoms with Gasteiger partial charge >= 0.3 is 6.09 Å². The number of H-pyrrole nitrogens is 1. The summed E-state index contributed by atoms with van der Waals surface area (Å²) in [5.74, 6) is 0. The molecule has 1 aromatic carbocycles. The number of imidazole rings is 1. The van der Waals surface area contributed by atoms with E-state index < -0.39 is 11.7 Å². The molecule has 1 aromatic heterocycles. The van der Waals surface area contributed by atoms with E-state index in [1.807, 2.05) is 32.2 Å². The quantitative estimate of drug-likeness (QED) is 0.776. The molecule has 0 aliphatic carbocycles. The molecule has 18 heavy (non-hydrogen) atoms. The predicted molar refractivity (Wildman–Crippen MR) is 71.0 cm³/mol. The number of thioether (sulfide) groups is 1. The van der Waals surface area contributed by atoms with E-state index in [1.165, 1.54) is 0 Å². The lowest BCUT2D eigenvalue weighted by Gasteiger charge is -2.32. The summed E-state index contributed by atoms with van der Waals surface area (Å²) in [6.07, 6.45) is 1.54. The first-order chi connectivity index (χ1) is 8.49. The van der Waals surface area contributed by atoms with Crippen LogP contribution in [-0.4, -0.2) is 22.3 Å². The molecule has 0 spiro atoms. The third-order valence-corrected chi connectivity index (χ3v) is 3.61. The van der Waals surface area contributed by atoms with E-state index in [2.05, 4.69) is 15.3 Å². The summed E-state index contributed by atoms with van der Waals surface area (Å²) in [5.41, 5.74) is 2.88. The smallest absolute Gasteiger partial charge is 0.412 e. The summed E-state index contributed by atoms with van der Waals surface area (Å²) in [4.78, 5) is 19.1. The first-order valence-electron chi connectivity index (χ1n) is 5.58. The normalized spacial score (nSPS) is 17.2. The van der Waals surface area contributed by atoms with Gasteiger partial charge < -0.3 is 9.72 Å². The number of rotatable bonds is 1. The van der Waals surface area contributed by atoms with Crippen LogP contribution in [0.3, 0.4) is 0 Å². The third-order valence-electron chi connectivity index (χ3n) is 3.03. The summed E-state index contributed by atoms with van der Waals surface area (Å²) < 4.78 is 5.29. The number of hydrogen-bond donors (Lipinski definition) is 2. The Kier molecular flexibility index (Phi) is 2.31. The van der Waals surface area contributed by atoms with E-state index >= 15 is 0 Å². The molecule has 0 radical (unpaired) electrons. The Morgan fingerprint density at radius 1 is 1.39 bits per heavy atom.